The molecule has 0 radical (unpaired) electrons. The summed E-state index contributed by atoms with van der Waals surface area (Å²) in [4.78, 5) is 2.38. The standard InChI is InChI=1S/C34H52N2O7/c1-4-7-29(37)25-43-33-22-35-21-32(34(33)28-11-8-26(9-12-28)23-40-18-6-17-39-3)42-24-27-10-13-31-30(20-27)36(15-19-41-31)14-5-16-38-2/h8-13,20,29,32-35,37H,4-7,14-19,21-25H2,1-3H3/t29-,32-,33+,34?/m0/s1. The zero-order valence-corrected chi connectivity index (χ0v) is 26.3. The van der Waals surface area contributed by atoms with Crippen molar-refractivity contribution in [1.29, 1.82) is 0 Å². The molecule has 2 aliphatic heterocycles. The number of hydrogen-bond acceptors (Lipinski definition) is 9. The zero-order valence-electron chi connectivity index (χ0n) is 26.3. The molecule has 0 saturated carbocycles. The molecule has 0 aliphatic carbocycles. The van der Waals surface area contributed by atoms with Crippen molar-refractivity contribution in [3.63, 3.8) is 0 Å². The van der Waals surface area contributed by atoms with E-state index in [1.54, 1.807) is 14.2 Å². The lowest BCUT2D eigenvalue weighted by Crippen LogP contribution is -2.51. The largest absolute Gasteiger partial charge is 0.490 e. The molecule has 0 amide bonds. The molecule has 1 unspecified atom stereocenters. The highest BCUT2D eigenvalue weighted by Gasteiger charge is 2.36. The molecule has 1 fully saturated rings. The van der Waals surface area contributed by atoms with Crippen molar-refractivity contribution in [2.75, 3.05) is 78.3 Å². The van der Waals surface area contributed by atoms with Crippen LogP contribution in [0.4, 0.5) is 5.69 Å². The van der Waals surface area contributed by atoms with Gasteiger partial charge >= 0.3 is 0 Å². The minimum Gasteiger partial charge on any atom is -0.490 e. The molecule has 2 aliphatic rings. The number of piperidine rings is 1. The van der Waals surface area contributed by atoms with E-state index < -0.39 is 6.10 Å². The molecular formula is C34H52N2O7. The number of rotatable bonds is 19. The lowest BCUT2D eigenvalue weighted by atomic mass is 9.85. The molecule has 0 bridgehead atoms. The first kappa shape index (κ1) is 33.6. The van der Waals surface area contributed by atoms with Crippen LogP contribution in [-0.2, 0) is 36.9 Å². The quantitative estimate of drug-likeness (QED) is 0.229. The predicted octanol–water partition coefficient (Wildman–Crippen LogP) is 4.29. The average Bonchev–Trinajstić information content (AvgIpc) is 3.03. The fourth-order valence-electron chi connectivity index (χ4n) is 5.84. The molecule has 2 aromatic carbocycles. The van der Waals surface area contributed by atoms with Crippen molar-refractivity contribution in [2.45, 2.75) is 70.1 Å². The van der Waals surface area contributed by atoms with Gasteiger partial charge in [0.25, 0.3) is 0 Å². The zero-order chi connectivity index (χ0) is 30.3. The van der Waals surface area contributed by atoms with Gasteiger partial charge < -0.3 is 43.7 Å². The fraction of sp³-hybridized carbons (Fsp3) is 0.647. The van der Waals surface area contributed by atoms with E-state index in [-0.39, 0.29) is 18.1 Å². The summed E-state index contributed by atoms with van der Waals surface area (Å²) in [5.74, 6) is 0.949. The minimum atomic E-state index is -0.464. The highest BCUT2D eigenvalue weighted by molar-refractivity contribution is 5.61. The number of hydrogen-bond donors (Lipinski definition) is 2. The Bertz CT molecular complexity index is 1050. The molecule has 240 valence electrons. The predicted molar refractivity (Wildman–Crippen MR) is 168 cm³/mol. The summed E-state index contributed by atoms with van der Waals surface area (Å²) in [5.41, 5.74) is 4.54. The number of nitrogens with zero attached hydrogens (tertiary/aromatic N) is 1. The van der Waals surface area contributed by atoms with E-state index in [0.717, 1.165) is 74.5 Å². The molecule has 4 atom stereocenters. The summed E-state index contributed by atoms with van der Waals surface area (Å²) in [6, 6.07) is 15.0. The van der Waals surface area contributed by atoms with Gasteiger partial charge in [-0.2, -0.15) is 0 Å². The van der Waals surface area contributed by atoms with Crippen molar-refractivity contribution in [3.05, 3.63) is 59.2 Å². The molecule has 2 aromatic rings. The highest BCUT2D eigenvalue weighted by atomic mass is 16.5. The number of ether oxygens (including phenoxy) is 6. The third kappa shape index (κ3) is 10.4. The maximum Gasteiger partial charge on any atom is 0.142 e. The molecular weight excluding hydrogens is 548 g/mol. The second-order valence-corrected chi connectivity index (χ2v) is 11.5. The van der Waals surface area contributed by atoms with Crippen molar-refractivity contribution >= 4 is 5.69 Å². The van der Waals surface area contributed by atoms with Gasteiger partial charge in [0.05, 0.1) is 50.4 Å². The Morgan fingerprint density at radius 3 is 2.44 bits per heavy atom. The fourth-order valence-corrected chi connectivity index (χ4v) is 5.84. The van der Waals surface area contributed by atoms with Gasteiger partial charge in [-0.05, 0) is 48.1 Å². The normalized spacial score (nSPS) is 20.9. The van der Waals surface area contributed by atoms with Gasteiger partial charge in [-0.15, -0.1) is 0 Å². The van der Waals surface area contributed by atoms with Crippen molar-refractivity contribution in [1.82, 2.24) is 5.32 Å². The van der Waals surface area contributed by atoms with E-state index in [4.69, 9.17) is 28.4 Å². The number of aliphatic hydroxyl groups excluding tert-OH is 1. The lowest BCUT2D eigenvalue weighted by Gasteiger charge is -2.39. The maximum atomic E-state index is 10.4. The van der Waals surface area contributed by atoms with Crippen LogP contribution in [0.2, 0.25) is 0 Å². The van der Waals surface area contributed by atoms with E-state index in [1.807, 2.05) is 0 Å². The summed E-state index contributed by atoms with van der Waals surface area (Å²) < 4.78 is 35.1. The van der Waals surface area contributed by atoms with Crippen LogP contribution in [0.5, 0.6) is 5.75 Å². The summed E-state index contributed by atoms with van der Waals surface area (Å²) in [6.07, 6.45) is 2.84. The molecule has 2 heterocycles. The molecule has 9 heteroatoms. The molecule has 43 heavy (non-hydrogen) atoms. The SMILES string of the molecule is CCC[C@H](O)CO[C@@H]1CNC[C@H](OCc2ccc3c(c2)N(CCCOC)CCO3)C1c1ccc(COCCCOC)cc1. The van der Waals surface area contributed by atoms with Gasteiger partial charge in [0.2, 0.25) is 0 Å². The molecule has 0 spiro atoms. The van der Waals surface area contributed by atoms with Gasteiger partial charge in [-0.25, -0.2) is 0 Å². The number of benzene rings is 2. The van der Waals surface area contributed by atoms with Crippen LogP contribution in [0.1, 0.15) is 55.2 Å². The van der Waals surface area contributed by atoms with Crippen LogP contribution < -0.4 is 15.0 Å². The number of nitrogens with one attached hydrogen (secondary N) is 1. The van der Waals surface area contributed by atoms with Crippen LogP contribution >= 0.6 is 0 Å². The lowest BCUT2D eigenvalue weighted by molar-refractivity contribution is -0.0783. The highest BCUT2D eigenvalue weighted by Crippen LogP contribution is 2.35. The third-order valence-electron chi connectivity index (χ3n) is 8.11. The smallest absolute Gasteiger partial charge is 0.142 e. The number of aliphatic hydroxyl groups is 1. The first-order valence-electron chi connectivity index (χ1n) is 15.9. The second kappa shape index (κ2) is 18.5. The van der Waals surface area contributed by atoms with E-state index in [9.17, 15) is 5.11 Å². The van der Waals surface area contributed by atoms with Crippen LogP contribution in [0.3, 0.4) is 0 Å². The van der Waals surface area contributed by atoms with E-state index in [0.29, 0.717) is 46.2 Å². The third-order valence-corrected chi connectivity index (χ3v) is 8.11. The topological polar surface area (TPSA) is 90.9 Å². The summed E-state index contributed by atoms with van der Waals surface area (Å²) in [7, 11) is 3.45. The molecule has 2 N–H and O–H groups in total. The van der Waals surface area contributed by atoms with Gasteiger partial charge in [0.1, 0.15) is 12.4 Å². The Morgan fingerprint density at radius 2 is 1.67 bits per heavy atom. The number of methoxy groups -OCH3 is 2. The van der Waals surface area contributed by atoms with Crippen LogP contribution in [0.25, 0.3) is 0 Å². The van der Waals surface area contributed by atoms with Gasteiger partial charge in [-0.3, -0.25) is 0 Å². The molecule has 4 rings (SSSR count). The van der Waals surface area contributed by atoms with Crippen molar-refractivity contribution < 1.29 is 33.5 Å². The van der Waals surface area contributed by atoms with Gasteiger partial charge in [-0.1, -0.05) is 43.7 Å². The molecule has 1 saturated heterocycles. The van der Waals surface area contributed by atoms with Crippen LogP contribution in [0.15, 0.2) is 42.5 Å². The van der Waals surface area contributed by atoms with Crippen molar-refractivity contribution in [3.8, 4) is 5.75 Å². The van der Waals surface area contributed by atoms with Gasteiger partial charge in [0, 0.05) is 59.6 Å². The second-order valence-electron chi connectivity index (χ2n) is 11.5. The Kier molecular flexibility index (Phi) is 14.5. The average molecular weight is 601 g/mol. The maximum absolute atomic E-state index is 10.4. The van der Waals surface area contributed by atoms with E-state index >= 15 is 0 Å². The van der Waals surface area contributed by atoms with Crippen LogP contribution in [-0.4, -0.2) is 96.9 Å². The summed E-state index contributed by atoms with van der Waals surface area (Å²) in [5, 5.41) is 13.9. The Hall–Kier alpha value is -2.24. The molecule has 0 aromatic heterocycles. The van der Waals surface area contributed by atoms with Crippen molar-refractivity contribution in [2.24, 2.45) is 0 Å². The first-order chi connectivity index (χ1) is 21.1. The van der Waals surface area contributed by atoms with Gasteiger partial charge in [0.15, 0.2) is 0 Å². The Labute approximate surface area is 257 Å². The van der Waals surface area contributed by atoms with E-state index in [2.05, 4.69) is 59.6 Å². The van der Waals surface area contributed by atoms with E-state index in [1.165, 1.54) is 5.56 Å². The number of fused-ring (bicyclic) bond motifs is 1. The minimum absolute atomic E-state index is 0.0262. The Balaban J connectivity index is 1.45. The first-order valence-corrected chi connectivity index (χ1v) is 15.9. The summed E-state index contributed by atoms with van der Waals surface area (Å²) >= 11 is 0. The summed E-state index contributed by atoms with van der Waals surface area (Å²) in [6.45, 7) is 9.51. The monoisotopic (exact) mass is 600 g/mol. The number of anilines is 1. The molecule has 9 nitrogen and oxygen atoms in total. The Morgan fingerprint density at radius 1 is 0.930 bits per heavy atom. The van der Waals surface area contributed by atoms with Crippen LogP contribution in [0, 0.1) is 0 Å².